The fourth-order valence-corrected chi connectivity index (χ4v) is 4.55. The van der Waals surface area contributed by atoms with Gasteiger partial charge < -0.3 is 19.9 Å². The van der Waals surface area contributed by atoms with Crippen LogP contribution in [0.3, 0.4) is 0 Å². The molecule has 3 aromatic rings. The van der Waals surface area contributed by atoms with Crippen molar-refractivity contribution in [1.29, 1.82) is 0 Å². The quantitative estimate of drug-likeness (QED) is 0.523. The van der Waals surface area contributed by atoms with Crippen LogP contribution in [0.4, 0.5) is 16.2 Å². The summed E-state index contributed by atoms with van der Waals surface area (Å²) in [5.74, 6) is 1.52. The van der Waals surface area contributed by atoms with Crippen molar-refractivity contribution < 1.29 is 19.4 Å². The minimum Gasteiger partial charge on any atom is -0.486 e. The van der Waals surface area contributed by atoms with Gasteiger partial charge in [0.05, 0.1) is 6.61 Å². The number of carbonyl (C=O) groups is 1. The van der Waals surface area contributed by atoms with Crippen LogP contribution in [0.5, 0.6) is 11.5 Å². The summed E-state index contributed by atoms with van der Waals surface area (Å²) in [6.07, 6.45) is 0. The topological polar surface area (TPSA) is 74.3 Å². The molecule has 0 unspecified atom stereocenters. The third-order valence-electron chi connectivity index (χ3n) is 6.32. The van der Waals surface area contributed by atoms with Crippen LogP contribution in [-0.2, 0) is 6.54 Å². The number of nitrogens with zero attached hydrogens (tertiary/aromatic N) is 2. The van der Waals surface area contributed by atoms with Crippen molar-refractivity contribution in [2.75, 3.05) is 49.3 Å². The van der Waals surface area contributed by atoms with Gasteiger partial charge in [0.1, 0.15) is 13.2 Å². The van der Waals surface area contributed by atoms with Gasteiger partial charge in [-0.1, -0.05) is 30.3 Å². The molecular formula is C27H29N3O4. The Morgan fingerprint density at radius 2 is 1.71 bits per heavy atom. The fraction of sp³-hybridized carbons (Fsp3) is 0.296. The molecule has 2 aliphatic rings. The highest BCUT2D eigenvalue weighted by Crippen LogP contribution is 2.38. The maximum absolute atomic E-state index is 13.4. The van der Waals surface area contributed by atoms with Gasteiger partial charge in [-0.15, -0.1) is 0 Å². The smallest absolute Gasteiger partial charge is 0.329 e. The number of anilines is 2. The molecule has 7 heteroatoms. The van der Waals surface area contributed by atoms with Crippen molar-refractivity contribution in [3.05, 3.63) is 71.8 Å². The molecule has 0 spiro atoms. The molecule has 0 radical (unpaired) electrons. The molecule has 0 aliphatic carbocycles. The number of rotatable bonds is 7. The van der Waals surface area contributed by atoms with E-state index in [1.807, 2.05) is 64.4 Å². The van der Waals surface area contributed by atoms with Crippen molar-refractivity contribution in [2.24, 2.45) is 0 Å². The number of aliphatic hydroxyl groups is 1. The van der Waals surface area contributed by atoms with E-state index in [0.717, 1.165) is 45.1 Å². The predicted molar refractivity (Wildman–Crippen MR) is 133 cm³/mol. The van der Waals surface area contributed by atoms with Crippen molar-refractivity contribution in [3.8, 4) is 22.6 Å². The Kier molecular flexibility index (Phi) is 6.38. The molecule has 5 rings (SSSR count). The third-order valence-corrected chi connectivity index (χ3v) is 6.32. The second-order valence-electron chi connectivity index (χ2n) is 8.46. The number of nitrogens with one attached hydrogen (secondary N) is 1. The fourth-order valence-electron chi connectivity index (χ4n) is 4.55. The molecule has 0 aromatic heterocycles. The van der Waals surface area contributed by atoms with E-state index in [2.05, 4.69) is 18.3 Å². The molecule has 2 amide bonds. The van der Waals surface area contributed by atoms with Gasteiger partial charge in [-0.3, -0.25) is 9.80 Å². The van der Waals surface area contributed by atoms with E-state index in [9.17, 15) is 4.79 Å². The van der Waals surface area contributed by atoms with E-state index in [1.54, 1.807) is 0 Å². The highest BCUT2D eigenvalue weighted by Gasteiger charge is 2.32. The molecule has 7 nitrogen and oxygen atoms in total. The summed E-state index contributed by atoms with van der Waals surface area (Å²) >= 11 is 0. The van der Waals surface area contributed by atoms with Gasteiger partial charge in [-0.25, -0.2) is 4.79 Å². The number of benzene rings is 3. The summed E-state index contributed by atoms with van der Waals surface area (Å²) in [4.78, 5) is 17.0. The Morgan fingerprint density at radius 3 is 2.50 bits per heavy atom. The summed E-state index contributed by atoms with van der Waals surface area (Å²) in [6.45, 7) is 5.81. The molecule has 34 heavy (non-hydrogen) atoms. The number of hydrogen-bond donors (Lipinski definition) is 2. The zero-order valence-electron chi connectivity index (χ0n) is 19.3. The van der Waals surface area contributed by atoms with Gasteiger partial charge >= 0.3 is 6.03 Å². The van der Waals surface area contributed by atoms with Gasteiger partial charge in [0.25, 0.3) is 0 Å². The highest BCUT2D eigenvalue weighted by molar-refractivity contribution is 6.07. The lowest BCUT2D eigenvalue weighted by atomic mass is 9.98. The van der Waals surface area contributed by atoms with E-state index in [4.69, 9.17) is 14.6 Å². The Hall–Kier alpha value is -3.55. The summed E-state index contributed by atoms with van der Waals surface area (Å²) < 4.78 is 11.4. The Labute approximate surface area is 199 Å². The monoisotopic (exact) mass is 459 g/mol. The van der Waals surface area contributed by atoms with Crippen LogP contribution in [0.2, 0.25) is 0 Å². The predicted octanol–water partition coefficient (Wildman–Crippen LogP) is 3.96. The van der Waals surface area contributed by atoms with Crippen LogP contribution >= 0.6 is 0 Å². The van der Waals surface area contributed by atoms with E-state index in [1.165, 1.54) is 0 Å². The van der Waals surface area contributed by atoms with Gasteiger partial charge in [-0.2, -0.15) is 0 Å². The van der Waals surface area contributed by atoms with E-state index >= 15 is 0 Å². The average Bonchev–Trinajstić information content (AvgIpc) is 3.25. The summed E-state index contributed by atoms with van der Waals surface area (Å²) in [5, 5.41) is 12.1. The first-order valence-corrected chi connectivity index (χ1v) is 11.6. The molecule has 1 saturated heterocycles. The first-order chi connectivity index (χ1) is 16.7. The van der Waals surface area contributed by atoms with Gasteiger partial charge in [0.15, 0.2) is 11.5 Å². The van der Waals surface area contributed by atoms with E-state index in [-0.39, 0.29) is 12.6 Å². The zero-order chi connectivity index (χ0) is 23.5. The van der Waals surface area contributed by atoms with Crippen molar-refractivity contribution >= 4 is 17.4 Å². The molecule has 0 atom stereocenters. The SMILES string of the molecule is Cc1c(-c2ccc3c(c2)OCCO3)cccc1N1CCN(c2ccc(CNCCO)cc2)C1=O. The van der Waals surface area contributed by atoms with Gasteiger partial charge in [0, 0.05) is 37.6 Å². The third kappa shape index (κ3) is 4.32. The number of ether oxygens (including phenoxy) is 2. The number of urea groups is 1. The van der Waals surface area contributed by atoms with Crippen LogP contribution in [0.15, 0.2) is 60.7 Å². The first kappa shape index (κ1) is 22.3. The van der Waals surface area contributed by atoms with E-state index in [0.29, 0.717) is 39.4 Å². The molecule has 2 aliphatic heterocycles. The molecule has 1 fully saturated rings. The van der Waals surface area contributed by atoms with Crippen LogP contribution in [0.1, 0.15) is 11.1 Å². The van der Waals surface area contributed by atoms with Crippen LogP contribution in [0.25, 0.3) is 11.1 Å². The number of hydrogen-bond acceptors (Lipinski definition) is 5. The minimum absolute atomic E-state index is 0.0198. The zero-order valence-corrected chi connectivity index (χ0v) is 19.3. The van der Waals surface area contributed by atoms with E-state index < -0.39 is 0 Å². The van der Waals surface area contributed by atoms with Gasteiger partial charge in [-0.05, 0) is 59.5 Å². The Morgan fingerprint density at radius 1 is 0.941 bits per heavy atom. The Balaban J connectivity index is 1.35. The molecule has 0 bridgehead atoms. The molecular weight excluding hydrogens is 430 g/mol. The minimum atomic E-state index is -0.0198. The average molecular weight is 460 g/mol. The second kappa shape index (κ2) is 9.75. The lowest BCUT2D eigenvalue weighted by Gasteiger charge is -2.23. The highest BCUT2D eigenvalue weighted by atomic mass is 16.6. The normalized spacial score (nSPS) is 15.2. The van der Waals surface area contributed by atoms with Crippen molar-refractivity contribution in [3.63, 3.8) is 0 Å². The standard InChI is InChI=1S/C27H29N3O4/c1-19-23(21-7-10-25-26(17-21)34-16-15-33-25)3-2-4-24(19)30-13-12-29(27(30)32)22-8-5-20(6-9-22)18-28-11-14-31/h2-10,17,28,31H,11-16,18H2,1H3. The number of fused-ring (bicyclic) bond motifs is 1. The summed E-state index contributed by atoms with van der Waals surface area (Å²) in [6, 6.07) is 20.1. The van der Waals surface area contributed by atoms with Gasteiger partial charge in [0.2, 0.25) is 0 Å². The first-order valence-electron chi connectivity index (χ1n) is 11.6. The van der Waals surface area contributed by atoms with Crippen molar-refractivity contribution in [2.45, 2.75) is 13.5 Å². The number of aliphatic hydroxyl groups excluding tert-OH is 1. The molecule has 3 aromatic carbocycles. The van der Waals surface area contributed by atoms with Crippen LogP contribution in [0, 0.1) is 6.92 Å². The summed E-state index contributed by atoms with van der Waals surface area (Å²) in [5.41, 5.74) is 6.09. The lowest BCUT2D eigenvalue weighted by Crippen LogP contribution is -2.32. The molecule has 2 heterocycles. The summed E-state index contributed by atoms with van der Waals surface area (Å²) in [7, 11) is 0. The largest absolute Gasteiger partial charge is 0.486 e. The second-order valence-corrected chi connectivity index (χ2v) is 8.46. The number of amides is 2. The van der Waals surface area contributed by atoms with Crippen molar-refractivity contribution in [1.82, 2.24) is 5.32 Å². The van der Waals surface area contributed by atoms with Crippen LogP contribution in [-0.4, -0.2) is 50.6 Å². The molecule has 0 saturated carbocycles. The molecule has 176 valence electrons. The van der Waals surface area contributed by atoms with Crippen LogP contribution < -0.4 is 24.6 Å². The maximum Gasteiger partial charge on any atom is 0.329 e. The molecule has 2 N–H and O–H groups in total. The maximum atomic E-state index is 13.4. The Bertz CT molecular complexity index is 1180. The number of carbonyl (C=O) groups excluding carboxylic acids is 1. The lowest BCUT2D eigenvalue weighted by molar-refractivity contribution is 0.171.